The van der Waals surface area contributed by atoms with E-state index in [0.717, 1.165) is 16.0 Å². The van der Waals surface area contributed by atoms with Crippen LogP contribution in [-0.4, -0.2) is 17.8 Å². The lowest BCUT2D eigenvalue weighted by Gasteiger charge is -2.08. The van der Waals surface area contributed by atoms with Crippen LogP contribution in [0.3, 0.4) is 0 Å². The number of hydrogen-bond donors (Lipinski definition) is 0. The van der Waals surface area contributed by atoms with Crippen molar-refractivity contribution < 1.29 is 14.3 Å². The predicted octanol–water partition coefficient (Wildman–Crippen LogP) is 4.34. The lowest BCUT2D eigenvalue weighted by Crippen LogP contribution is -2.07. The van der Waals surface area contributed by atoms with Crippen molar-refractivity contribution in [3.8, 4) is 0 Å². The van der Waals surface area contributed by atoms with E-state index >= 15 is 0 Å². The Balaban J connectivity index is 2.12. The van der Waals surface area contributed by atoms with E-state index in [4.69, 9.17) is 16.3 Å². The molecule has 0 radical (unpaired) electrons. The van der Waals surface area contributed by atoms with Gasteiger partial charge in [-0.15, -0.1) is 0 Å². The minimum Gasteiger partial charge on any atom is -0.466 e. The fourth-order valence-corrected chi connectivity index (χ4v) is 3.71. The van der Waals surface area contributed by atoms with Crippen molar-refractivity contribution in [1.29, 1.82) is 0 Å². The van der Waals surface area contributed by atoms with E-state index in [1.165, 1.54) is 0 Å². The molecule has 0 N–H and O–H groups in total. The fourth-order valence-electron chi connectivity index (χ4n) is 2.08. The van der Waals surface area contributed by atoms with Crippen LogP contribution in [0.2, 0.25) is 5.02 Å². The summed E-state index contributed by atoms with van der Waals surface area (Å²) in [7, 11) is -0.687. The van der Waals surface area contributed by atoms with Gasteiger partial charge in [-0.05, 0) is 36.2 Å². The van der Waals surface area contributed by atoms with Gasteiger partial charge in [-0.3, -0.25) is 4.79 Å². The minimum atomic E-state index is -0.687. The molecule has 2 aromatic carbocycles. The van der Waals surface area contributed by atoms with Crippen LogP contribution in [0, 0.1) is 0 Å². The third kappa shape index (κ3) is 5.07. The summed E-state index contributed by atoms with van der Waals surface area (Å²) in [4.78, 5) is 23.7. The third-order valence-corrected chi connectivity index (χ3v) is 5.23. The Morgan fingerprint density at radius 3 is 2.48 bits per heavy atom. The summed E-state index contributed by atoms with van der Waals surface area (Å²) in [5.41, 5.74) is 1.79. The highest BCUT2D eigenvalue weighted by atomic mass is 35.5. The summed E-state index contributed by atoms with van der Waals surface area (Å²) < 4.78 is 4.92. The van der Waals surface area contributed by atoms with Crippen LogP contribution < -0.4 is 0 Å². The first-order chi connectivity index (χ1) is 11.1. The van der Waals surface area contributed by atoms with E-state index in [-0.39, 0.29) is 12.4 Å². The lowest BCUT2D eigenvalue weighted by atomic mass is 10.1. The van der Waals surface area contributed by atoms with Crippen molar-refractivity contribution in [3.63, 3.8) is 0 Å². The van der Waals surface area contributed by atoms with Gasteiger partial charge in [0.05, 0.1) is 13.0 Å². The smallest absolute Gasteiger partial charge is 0.310 e. The molecule has 23 heavy (non-hydrogen) atoms. The summed E-state index contributed by atoms with van der Waals surface area (Å²) in [6.07, 6.45) is 0.233. The van der Waals surface area contributed by atoms with Crippen molar-refractivity contribution in [2.45, 2.75) is 24.0 Å². The Morgan fingerprint density at radius 2 is 1.87 bits per heavy atom. The van der Waals surface area contributed by atoms with Crippen molar-refractivity contribution in [2.24, 2.45) is 0 Å². The number of halogens is 1. The van der Waals surface area contributed by atoms with Gasteiger partial charge in [0.15, 0.2) is 5.23 Å². The topological polar surface area (TPSA) is 43.4 Å². The minimum absolute atomic E-state index is 0.233. The molecule has 0 aliphatic rings. The molecule has 0 saturated carbocycles. The highest BCUT2D eigenvalue weighted by Crippen LogP contribution is 2.32. The average molecular weight is 349 g/mol. The largest absolute Gasteiger partial charge is 0.466 e. The second-order valence-corrected chi connectivity index (χ2v) is 6.95. The summed E-state index contributed by atoms with van der Waals surface area (Å²) >= 11 is 6.15. The van der Waals surface area contributed by atoms with Crippen molar-refractivity contribution in [2.75, 3.05) is 6.61 Å². The fraction of sp³-hybridized carbons (Fsp3) is 0.222. The molecular weight excluding hydrogens is 332 g/mol. The van der Waals surface area contributed by atoms with Crippen molar-refractivity contribution >= 4 is 33.3 Å². The van der Waals surface area contributed by atoms with Gasteiger partial charge < -0.3 is 4.74 Å². The number of rotatable bonds is 6. The van der Waals surface area contributed by atoms with Crippen LogP contribution in [0.1, 0.15) is 18.1 Å². The second kappa shape index (κ2) is 8.68. The summed E-state index contributed by atoms with van der Waals surface area (Å²) in [5, 5.41) is 2.75. The number of carbonyl (C=O) groups is 1. The van der Waals surface area contributed by atoms with Crippen LogP contribution in [-0.2, 0) is 26.5 Å². The second-order valence-electron chi connectivity index (χ2n) is 4.84. The molecule has 0 aromatic heterocycles. The summed E-state index contributed by atoms with van der Waals surface area (Å²) in [6.45, 7) is 2.15. The Bertz CT molecular complexity index is 734. The van der Waals surface area contributed by atoms with E-state index in [9.17, 15) is 9.59 Å². The molecule has 120 valence electrons. The maximum Gasteiger partial charge on any atom is 0.310 e. The molecule has 5 heteroatoms. The SMILES string of the molecule is CCOC(=O)Cc1ccc(S(=C=O)Cc2ccccc2Cl)cc1. The molecule has 1 unspecified atom stereocenters. The number of esters is 1. The Labute approximate surface area is 143 Å². The number of benzene rings is 2. The molecule has 2 aromatic rings. The Kier molecular flexibility index (Phi) is 6.60. The standard InChI is InChI=1S/C18H17ClO3S/c1-2-22-18(21)11-14-7-9-16(10-8-14)23(13-20)12-15-5-3-4-6-17(15)19/h3-10H,2,11-12H2,1H3. The predicted molar refractivity (Wildman–Crippen MR) is 93.5 cm³/mol. The van der Waals surface area contributed by atoms with E-state index in [1.54, 1.807) is 6.92 Å². The summed E-state index contributed by atoms with van der Waals surface area (Å²) in [6, 6.07) is 14.9. The molecule has 0 heterocycles. The number of ether oxygens (including phenoxy) is 1. The molecule has 1 atom stereocenters. The van der Waals surface area contributed by atoms with Gasteiger partial charge in [-0.25, -0.2) is 4.79 Å². The van der Waals surface area contributed by atoms with E-state index in [2.05, 4.69) is 5.23 Å². The summed E-state index contributed by atoms with van der Waals surface area (Å²) in [5.74, 6) is 0.276. The first-order valence-electron chi connectivity index (χ1n) is 7.20. The maximum absolute atomic E-state index is 11.5. The number of carbonyl (C=O) groups excluding carboxylic acids is 2. The quantitative estimate of drug-likeness (QED) is 0.576. The molecule has 3 nitrogen and oxygen atoms in total. The van der Waals surface area contributed by atoms with Crippen LogP contribution in [0.4, 0.5) is 0 Å². The molecule has 2 rings (SSSR count). The van der Waals surface area contributed by atoms with Gasteiger partial charge in [-0.1, -0.05) is 52.4 Å². The van der Waals surface area contributed by atoms with Gasteiger partial charge in [0.25, 0.3) is 0 Å². The van der Waals surface area contributed by atoms with Crippen LogP contribution >= 0.6 is 22.1 Å². The zero-order chi connectivity index (χ0) is 16.7. The van der Waals surface area contributed by atoms with E-state index in [0.29, 0.717) is 17.4 Å². The zero-order valence-electron chi connectivity index (χ0n) is 12.8. The highest BCUT2D eigenvalue weighted by Gasteiger charge is 2.08. The van der Waals surface area contributed by atoms with Gasteiger partial charge in [0.2, 0.25) is 0 Å². The van der Waals surface area contributed by atoms with Crippen LogP contribution in [0.25, 0.3) is 0 Å². The normalized spacial score (nSPS) is 11.6. The Morgan fingerprint density at radius 1 is 1.17 bits per heavy atom. The van der Waals surface area contributed by atoms with Crippen molar-refractivity contribution in [3.05, 3.63) is 64.7 Å². The zero-order valence-corrected chi connectivity index (χ0v) is 14.3. The van der Waals surface area contributed by atoms with Gasteiger partial charge in [0, 0.05) is 15.7 Å². The molecule has 0 amide bonds. The maximum atomic E-state index is 11.5. The van der Waals surface area contributed by atoms with E-state index in [1.807, 2.05) is 48.5 Å². The molecule has 0 spiro atoms. The van der Waals surface area contributed by atoms with E-state index < -0.39 is 10.5 Å². The van der Waals surface area contributed by atoms with Gasteiger partial charge in [-0.2, -0.15) is 0 Å². The monoisotopic (exact) mass is 348 g/mol. The first-order valence-corrected chi connectivity index (χ1v) is 8.98. The van der Waals surface area contributed by atoms with Crippen LogP contribution in [0.5, 0.6) is 0 Å². The van der Waals surface area contributed by atoms with Crippen molar-refractivity contribution in [1.82, 2.24) is 0 Å². The average Bonchev–Trinajstić information content (AvgIpc) is 2.55. The molecule has 0 fully saturated rings. The van der Waals surface area contributed by atoms with Gasteiger partial charge in [0.1, 0.15) is 0 Å². The van der Waals surface area contributed by atoms with Crippen LogP contribution in [0.15, 0.2) is 53.4 Å². The molecule has 0 aliphatic heterocycles. The molecule has 0 bridgehead atoms. The molecule has 0 aliphatic carbocycles. The molecular formula is C18H17ClO3S. The first kappa shape index (κ1) is 17.5. The molecule has 0 saturated heterocycles. The lowest BCUT2D eigenvalue weighted by molar-refractivity contribution is -0.142. The Hall–Kier alpha value is -1.87. The third-order valence-electron chi connectivity index (χ3n) is 3.22. The highest BCUT2D eigenvalue weighted by molar-refractivity contribution is 8.13. The number of hydrogen-bond acceptors (Lipinski definition) is 3. The van der Waals surface area contributed by atoms with Gasteiger partial charge >= 0.3 is 5.97 Å².